The molecule has 0 radical (unpaired) electrons. The van der Waals surface area contributed by atoms with Crippen LogP contribution in [0.4, 0.5) is 11.6 Å². The van der Waals surface area contributed by atoms with E-state index in [1.54, 1.807) is 38.7 Å². The lowest BCUT2D eigenvalue weighted by Gasteiger charge is -2.34. The van der Waals surface area contributed by atoms with Gasteiger partial charge in [-0.05, 0) is 63.1 Å². The van der Waals surface area contributed by atoms with E-state index in [1.165, 1.54) is 0 Å². The number of rotatable bonds is 8. The first-order valence-corrected chi connectivity index (χ1v) is 18.4. The molecule has 0 saturated carbocycles. The minimum Gasteiger partial charge on any atom is -0.489 e. The summed E-state index contributed by atoms with van der Waals surface area (Å²) in [6.45, 7) is 11.1. The number of esters is 2. The Labute approximate surface area is 314 Å². The summed E-state index contributed by atoms with van der Waals surface area (Å²) >= 11 is 0. The largest absolute Gasteiger partial charge is 0.489 e. The number of anilines is 2. The molecule has 4 aromatic rings. The highest BCUT2D eigenvalue weighted by Crippen LogP contribution is 2.35. The number of cyclic esters (lactones) is 2. The van der Waals surface area contributed by atoms with E-state index < -0.39 is 0 Å². The fourth-order valence-electron chi connectivity index (χ4n) is 7.25. The van der Waals surface area contributed by atoms with Crippen LogP contribution in [-0.4, -0.2) is 84.5 Å². The van der Waals surface area contributed by atoms with Gasteiger partial charge in [-0.15, -0.1) is 0 Å². The number of nitrogens with zero attached hydrogens (tertiary/aromatic N) is 6. The van der Waals surface area contributed by atoms with Gasteiger partial charge in [0.25, 0.3) is 0 Å². The highest BCUT2D eigenvalue weighted by Gasteiger charge is 2.34. The van der Waals surface area contributed by atoms with Gasteiger partial charge in [-0.3, -0.25) is 0 Å². The summed E-state index contributed by atoms with van der Waals surface area (Å²) in [7, 11) is 3.19. The van der Waals surface area contributed by atoms with Crippen LogP contribution in [0, 0.1) is 13.8 Å². The third kappa shape index (κ3) is 7.82. The Morgan fingerprint density at radius 1 is 0.630 bits per heavy atom. The Kier molecular flexibility index (Phi) is 10.7. The maximum atomic E-state index is 11.9. The van der Waals surface area contributed by atoms with Crippen LogP contribution in [0.15, 0.2) is 48.8 Å². The molecule has 2 fully saturated rings. The molecule has 0 N–H and O–H groups in total. The van der Waals surface area contributed by atoms with Crippen molar-refractivity contribution >= 4 is 23.6 Å². The maximum Gasteiger partial charge on any atom is 0.340 e. The third-order valence-corrected chi connectivity index (χ3v) is 10.1. The van der Waals surface area contributed by atoms with Gasteiger partial charge in [0.2, 0.25) is 11.8 Å². The number of pyridine rings is 4. The van der Waals surface area contributed by atoms with Gasteiger partial charge in [-0.1, -0.05) is 0 Å². The second kappa shape index (κ2) is 15.7. The Morgan fingerprint density at radius 2 is 1.02 bits per heavy atom. The average molecular weight is 739 g/mol. The molecule has 14 nitrogen and oxygen atoms in total. The molecule has 0 amide bonds. The van der Waals surface area contributed by atoms with Gasteiger partial charge in [0, 0.05) is 64.0 Å². The van der Waals surface area contributed by atoms with Crippen molar-refractivity contribution in [3.8, 4) is 23.3 Å². The highest BCUT2D eigenvalue weighted by atomic mass is 16.6. The van der Waals surface area contributed by atoms with Gasteiger partial charge in [0.15, 0.2) is 0 Å². The minimum absolute atomic E-state index is 0.148. The zero-order valence-electron chi connectivity index (χ0n) is 31.5. The fourth-order valence-corrected chi connectivity index (χ4v) is 7.25. The molecular weight excluding hydrogens is 692 g/mol. The van der Waals surface area contributed by atoms with Crippen molar-refractivity contribution in [3.63, 3.8) is 0 Å². The van der Waals surface area contributed by atoms with E-state index in [2.05, 4.69) is 19.8 Å². The Bertz CT molecular complexity index is 1830. The highest BCUT2D eigenvalue weighted by molar-refractivity contribution is 5.94. The topological polar surface area (TPSA) is 148 Å². The van der Waals surface area contributed by atoms with Crippen LogP contribution < -0.4 is 28.7 Å². The van der Waals surface area contributed by atoms with Crippen LogP contribution in [0.5, 0.6) is 23.3 Å². The van der Waals surface area contributed by atoms with E-state index in [0.29, 0.717) is 22.9 Å². The summed E-state index contributed by atoms with van der Waals surface area (Å²) in [5.41, 5.74) is 4.66. The molecule has 0 aliphatic carbocycles. The normalized spacial score (nSPS) is 19.6. The van der Waals surface area contributed by atoms with Crippen molar-refractivity contribution < 1.29 is 38.0 Å². The zero-order valence-corrected chi connectivity index (χ0v) is 31.5. The first kappa shape index (κ1) is 36.7. The van der Waals surface area contributed by atoms with Gasteiger partial charge in [-0.2, -0.15) is 0 Å². The molecule has 0 aromatic carbocycles. The van der Waals surface area contributed by atoms with Crippen molar-refractivity contribution in [1.82, 2.24) is 19.9 Å². The first-order chi connectivity index (χ1) is 26.1. The molecule has 4 aliphatic rings. The molecule has 0 unspecified atom stereocenters. The van der Waals surface area contributed by atoms with E-state index in [-0.39, 0.29) is 36.4 Å². The maximum absolute atomic E-state index is 11.9. The molecule has 54 heavy (non-hydrogen) atoms. The molecule has 0 bridgehead atoms. The molecule has 0 spiro atoms. The van der Waals surface area contributed by atoms with Crippen molar-refractivity contribution in [2.75, 3.05) is 50.2 Å². The van der Waals surface area contributed by atoms with Gasteiger partial charge >= 0.3 is 11.9 Å². The molecule has 8 rings (SSSR count). The summed E-state index contributed by atoms with van der Waals surface area (Å²) in [6.07, 6.45) is 6.70. The number of piperidine rings is 2. The monoisotopic (exact) mass is 738 g/mol. The number of ether oxygens (including phenoxy) is 6. The van der Waals surface area contributed by atoms with E-state index >= 15 is 0 Å². The van der Waals surface area contributed by atoms with Crippen LogP contribution in [0.25, 0.3) is 0 Å². The van der Waals surface area contributed by atoms with Crippen LogP contribution >= 0.6 is 0 Å². The molecule has 8 heterocycles. The summed E-state index contributed by atoms with van der Waals surface area (Å²) in [6, 6.07) is 11.1. The van der Waals surface area contributed by atoms with E-state index in [0.717, 1.165) is 97.5 Å². The van der Waals surface area contributed by atoms with E-state index in [1.807, 2.05) is 52.0 Å². The second-order valence-corrected chi connectivity index (χ2v) is 13.9. The number of hydrogen-bond acceptors (Lipinski definition) is 14. The van der Waals surface area contributed by atoms with Crippen molar-refractivity contribution in [2.24, 2.45) is 0 Å². The SMILES string of the molecule is COc1ccc(OC2CCN(c3nc4c(cc3C)C(=O)O[C@@H]4C)CC2)cn1.COc1ccc(OC2CCN(c3nc4c(cc3C)C(=O)O[C@H]4C)CC2)cn1. The Hall–Kier alpha value is -5.66. The van der Waals surface area contributed by atoms with E-state index in [4.69, 9.17) is 38.4 Å². The molecule has 4 aromatic heterocycles. The number of carbonyl (C=O) groups is 2. The predicted molar refractivity (Wildman–Crippen MR) is 199 cm³/mol. The lowest BCUT2D eigenvalue weighted by Crippen LogP contribution is -2.39. The van der Waals surface area contributed by atoms with Gasteiger partial charge in [0.1, 0.15) is 47.6 Å². The zero-order chi connectivity index (χ0) is 37.9. The third-order valence-electron chi connectivity index (χ3n) is 10.1. The lowest BCUT2D eigenvalue weighted by atomic mass is 10.1. The van der Waals surface area contributed by atoms with E-state index in [9.17, 15) is 9.59 Å². The molecule has 4 aliphatic heterocycles. The fraction of sp³-hybridized carbons (Fsp3) is 0.450. The quantitative estimate of drug-likeness (QED) is 0.191. The summed E-state index contributed by atoms with van der Waals surface area (Å²) in [5, 5.41) is 0. The Balaban J connectivity index is 0.000000167. The molecule has 14 heteroatoms. The van der Waals surface area contributed by atoms with Crippen molar-refractivity contribution in [1.29, 1.82) is 0 Å². The second-order valence-electron chi connectivity index (χ2n) is 13.9. The van der Waals surface area contributed by atoms with Gasteiger partial charge in [-0.25, -0.2) is 29.5 Å². The van der Waals surface area contributed by atoms with Crippen molar-refractivity contribution in [2.45, 2.75) is 77.8 Å². The first-order valence-electron chi connectivity index (χ1n) is 18.4. The number of methoxy groups -OCH3 is 2. The summed E-state index contributed by atoms with van der Waals surface area (Å²) in [4.78, 5) is 46.1. The van der Waals surface area contributed by atoms with Crippen LogP contribution in [0.2, 0.25) is 0 Å². The number of hydrogen-bond donors (Lipinski definition) is 0. The number of aromatic nitrogens is 4. The molecule has 2 atom stereocenters. The van der Waals surface area contributed by atoms with Gasteiger partial charge < -0.3 is 38.2 Å². The van der Waals surface area contributed by atoms with Crippen LogP contribution in [0.3, 0.4) is 0 Å². The number of aryl methyl sites for hydroxylation is 2. The minimum atomic E-state index is -0.282. The molecular formula is C40H46N6O8. The average Bonchev–Trinajstić information content (AvgIpc) is 3.62. The molecule has 2 saturated heterocycles. The van der Waals surface area contributed by atoms with Gasteiger partial charge in [0.05, 0.1) is 49.1 Å². The van der Waals surface area contributed by atoms with Crippen LogP contribution in [-0.2, 0) is 9.47 Å². The summed E-state index contributed by atoms with van der Waals surface area (Å²) < 4.78 is 32.8. The smallest absolute Gasteiger partial charge is 0.340 e. The standard InChI is InChI=1S/2C20H23N3O4/c2*1-12-10-16-18(13(2)26-20(16)24)22-19(12)23-8-6-14(7-9-23)27-15-4-5-17(25-3)21-11-15/h2*4-5,10-11,13-14H,6-9H2,1-3H3/t2*13-/m10/s1. The lowest BCUT2D eigenvalue weighted by molar-refractivity contribution is 0.0408. The number of fused-ring (bicyclic) bond motifs is 2. The Morgan fingerprint density at radius 3 is 1.35 bits per heavy atom. The summed E-state index contributed by atoms with van der Waals surface area (Å²) in [5.74, 6) is 3.97. The number of carbonyl (C=O) groups excluding carboxylic acids is 2. The van der Waals surface area contributed by atoms with Crippen molar-refractivity contribution in [3.05, 3.63) is 82.4 Å². The predicted octanol–water partition coefficient (Wildman–Crippen LogP) is 6.15. The van der Waals surface area contributed by atoms with Crippen LogP contribution in [0.1, 0.15) is 95.0 Å². The molecule has 284 valence electrons.